The van der Waals surface area contributed by atoms with E-state index in [9.17, 15) is 9.18 Å². The summed E-state index contributed by atoms with van der Waals surface area (Å²) in [4.78, 5) is 12.3. The van der Waals surface area contributed by atoms with Crippen LogP contribution in [0.2, 0.25) is 0 Å². The van der Waals surface area contributed by atoms with Crippen molar-refractivity contribution in [1.82, 2.24) is 10.6 Å². The Morgan fingerprint density at radius 2 is 2.05 bits per heavy atom. The molecule has 0 bridgehead atoms. The molecule has 3 rings (SSSR count). The van der Waals surface area contributed by atoms with Crippen molar-refractivity contribution in [3.05, 3.63) is 47.8 Å². The topological polar surface area (TPSA) is 41.1 Å². The summed E-state index contributed by atoms with van der Waals surface area (Å²) < 4.78 is 13.7. The van der Waals surface area contributed by atoms with E-state index in [1.54, 1.807) is 24.3 Å². The van der Waals surface area contributed by atoms with E-state index in [-0.39, 0.29) is 11.7 Å². The first-order chi connectivity index (χ1) is 9.75. The maximum Gasteiger partial charge on any atom is 0.251 e. The first-order valence-corrected chi connectivity index (χ1v) is 6.92. The highest BCUT2D eigenvalue weighted by molar-refractivity contribution is 6.07. The number of hydrogen-bond donors (Lipinski definition) is 2. The van der Waals surface area contributed by atoms with Gasteiger partial charge in [-0.3, -0.25) is 4.79 Å². The van der Waals surface area contributed by atoms with Crippen molar-refractivity contribution in [2.24, 2.45) is 5.92 Å². The van der Waals surface area contributed by atoms with Gasteiger partial charge in [0, 0.05) is 17.5 Å². The van der Waals surface area contributed by atoms with Crippen molar-refractivity contribution in [3.63, 3.8) is 0 Å². The second-order valence-electron chi connectivity index (χ2n) is 5.21. The van der Waals surface area contributed by atoms with E-state index in [2.05, 4.69) is 10.6 Å². The quantitative estimate of drug-likeness (QED) is 0.900. The third-order valence-corrected chi connectivity index (χ3v) is 3.83. The number of carbonyl (C=O) groups excluding carboxylic acids is 1. The number of benzene rings is 2. The van der Waals surface area contributed by atoms with E-state index < -0.39 is 0 Å². The van der Waals surface area contributed by atoms with Gasteiger partial charge in [-0.1, -0.05) is 24.3 Å². The van der Waals surface area contributed by atoms with Gasteiger partial charge in [0.05, 0.1) is 0 Å². The van der Waals surface area contributed by atoms with Crippen LogP contribution in [0.1, 0.15) is 16.8 Å². The summed E-state index contributed by atoms with van der Waals surface area (Å²) in [5.74, 6) is 0.0657. The largest absolute Gasteiger partial charge is 0.352 e. The molecule has 1 aliphatic rings. The summed E-state index contributed by atoms with van der Waals surface area (Å²) in [5, 5.41) is 7.37. The van der Waals surface area contributed by atoms with Crippen LogP contribution in [0, 0.1) is 11.7 Å². The molecule has 1 aliphatic heterocycles. The highest BCUT2D eigenvalue weighted by Gasteiger charge is 2.17. The molecule has 2 aromatic rings. The fourth-order valence-electron chi connectivity index (χ4n) is 2.68. The molecule has 2 N–H and O–H groups in total. The first kappa shape index (κ1) is 13.1. The van der Waals surface area contributed by atoms with Gasteiger partial charge in [-0.2, -0.15) is 0 Å². The second kappa shape index (κ2) is 5.59. The predicted molar refractivity (Wildman–Crippen MR) is 77.2 cm³/mol. The van der Waals surface area contributed by atoms with E-state index >= 15 is 0 Å². The minimum Gasteiger partial charge on any atom is -0.352 e. The van der Waals surface area contributed by atoms with Gasteiger partial charge in [-0.15, -0.1) is 0 Å². The van der Waals surface area contributed by atoms with Gasteiger partial charge in [0.1, 0.15) is 5.82 Å². The van der Waals surface area contributed by atoms with Crippen LogP contribution in [0.15, 0.2) is 36.4 Å². The van der Waals surface area contributed by atoms with Crippen LogP contribution in [-0.4, -0.2) is 25.5 Å². The van der Waals surface area contributed by atoms with Crippen molar-refractivity contribution in [2.45, 2.75) is 6.42 Å². The van der Waals surface area contributed by atoms with E-state index in [0.717, 1.165) is 19.5 Å². The van der Waals surface area contributed by atoms with E-state index in [1.165, 1.54) is 6.07 Å². The lowest BCUT2D eigenvalue weighted by Crippen LogP contribution is -2.30. The number of hydrogen-bond acceptors (Lipinski definition) is 2. The maximum atomic E-state index is 13.7. The molecule has 1 unspecified atom stereocenters. The summed E-state index contributed by atoms with van der Waals surface area (Å²) in [6.07, 6.45) is 1.09. The van der Waals surface area contributed by atoms with Crippen LogP contribution in [0.4, 0.5) is 4.39 Å². The van der Waals surface area contributed by atoms with Gasteiger partial charge < -0.3 is 10.6 Å². The molecule has 0 spiro atoms. The number of amides is 1. The lowest BCUT2D eigenvalue weighted by Gasteiger charge is -2.11. The van der Waals surface area contributed by atoms with E-state index in [0.29, 0.717) is 28.8 Å². The molecular formula is C16H17FN2O. The Bertz CT molecular complexity index is 635. The molecule has 1 fully saturated rings. The van der Waals surface area contributed by atoms with Crippen LogP contribution >= 0.6 is 0 Å². The summed E-state index contributed by atoms with van der Waals surface area (Å²) in [6.45, 7) is 2.63. The highest BCUT2D eigenvalue weighted by Crippen LogP contribution is 2.21. The zero-order chi connectivity index (χ0) is 13.9. The Morgan fingerprint density at radius 1 is 1.25 bits per heavy atom. The van der Waals surface area contributed by atoms with Crippen molar-refractivity contribution in [1.29, 1.82) is 0 Å². The number of halogens is 1. The number of nitrogens with one attached hydrogen (secondary N) is 2. The Hall–Kier alpha value is -1.94. The number of fused-ring (bicyclic) bond motifs is 1. The fraction of sp³-hybridized carbons (Fsp3) is 0.312. The third-order valence-electron chi connectivity index (χ3n) is 3.83. The van der Waals surface area contributed by atoms with Crippen LogP contribution in [0.3, 0.4) is 0 Å². The standard InChI is InChI=1S/C16H17FN2O/c17-15-6-5-14(12-3-1-2-4-13(12)15)16(20)19-10-11-7-8-18-9-11/h1-6,11,18H,7-10H2,(H,19,20). The minimum atomic E-state index is -0.294. The fourth-order valence-corrected chi connectivity index (χ4v) is 2.68. The molecule has 1 saturated heterocycles. The molecule has 1 heterocycles. The smallest absolute Gasteiger partial charge is 0.251 e. The minimum absolute atomic E-state index is 0.131. The molecule has 0 saturated carbocycles. The van der Waals surface area contributed by atoms with Crippen molar-refractivity contribution >= 4 is 16.7 Å². The molecule has 0 radical (unpaired) electrons. The lowest BCUT2D eigenvalue weighted by molar-refractivity contribution is 0.0950. The van der Waals surface area contributed by atoms with E-state index in [1.807, 2.05) is 6.07 Å². The summed E-state index contributed by atoms with van der Waals surface area (Å²) >= 11 is 0. The Labute approximate surface area is 117 Å². The van der Waals surface area contributed by atoms with Crippen molar-refractivity contribution in [2.75, 3.05) is 19.6 Å². The first-order valence-electron chi connectivity index (χ1n) is 6.92. The van der Waals surface area contributed by atoms with Crippen molar-refractivity contribution in [3.8, 4) is 0 Å². The number of carbonyl (C=O) groups is 1. The molecule has 3 nitrogen and oxygen atoms in total. The Balaban J connectivity index is 1.82. The number of rotatable bonds is 3. The SMILES string of the molecule is O=C(NCC1CCNC1)c1ccc(F)c2ccccc12. The Kier molecular flexibility index (Phi) is 3.65. The molecule has 0 aromatic heterocycles. The molecule has 1 atom stereocenters. The van der Waals surface area contributed by atoms with Gasteiger partial charge in [0.25, 0.3) is 5.91 Å². The molecule has 4 heteroatoms. The van der Waals surface area contributed by atoms with Gasteiger partial charge in [-0.25, -0.2) is 4.39 Å². The van der Waals surface area contributed by atoms with Gasteiger partial charge in [0.15, 0.2) is 0 Å². The molecule has 2 aromatic carbocycles. The average Bonchev–Trinajstić information content (AvgIpc) is 2.99. The second-order valence-corrected chi connectivity index (χ2v) is 5.21. The van der Waals surface area contributed by atoms with Crippen LogP contribution in [-0.2, 0) is 0 Å². The zero-order valence-electron chi connectivity index (χ0n) is 11.2. The third kappa shape index (κ3) is 2.51. The molecule has 104 valence electrons. The van der Waals surface area contributed by atoms with E-state index in [4.69, 9.17) is 0 Å². The molecular weight excluding hydrogens is 255 g/mol. The highest BCUT2D eigenvalue weighted by atomic mass is 19.1. The summed E-state index contributed by atoms with van der Waals surface area (Å²) in [5.41, 5.74) is 0.535. The average molecular weight is 272 g/mol. The van der Waals surface area contributed by atoms with Crippen LogP contribution in [0.5, 0.6) is 0 Å². The molecule has 1 amide bonds. The van der Waals surface area contributed by atoms with Gasteiger partial charge >= 0.3 is 0 Å². The zero-order valence-corrected chi connectivity index (χ0v) is 11.2. The Morgan fingerprint density at radius 3 is 2.80 bits per heavy atom. The molecule has 0 aliphatic carbocycles. The predicted octanol–water partition coefficient (Wildman–Crippen LogP) is 2.32. The summed E-state index contributed by atoms with van der Waals surface area (Å²) in [6, 6.07) is 9.98. The monoisotopic (exact) mass is 272 g/mol. The van der Waals surface area contributed by atoms with Gasteiger partial charge in [0.2, 0.25) is 0 Å². The van der Waals surface area contributed by atoms with Crippen molar-refractivity contribution < 1.29 is 9.18 Å². The lowest BCUT2D eigenvalue weighted by atomic mass is 10.0. The normalized spacial score (nSPS) is 18.4. The van der Waals surface area contributed by atoms with Crippen LogP contribution < -0.4 is 10.6 Å². The molecule has 20 heavy (non-hydrogen) atoms. The van der Waals surface area contributed by atoms with Gasteiger partial charge in [-0.05, 0) is 42.9 Å². The summed E-state index contributed by atoms with van der Waals surface area (Å²) in [7, 11) is 0. The maximum absolute atomic E-state index is 13.7. The van der Waals surface area contributed by atoms with Crippen LogP contribution in [0.25, 0.3) is 10.8 Å².